The van der Waals surface area contributed by atoms with E-state index in [0.717, 1.165) is 13.0 Å². The van der Waals surface area contributed by atoms with Crippen molar-refractivity contribution in [2.75, 3.05) is 20.2 Å². The molecular weight excluding hydrogens is 228 g/mol. The van der Waals surface area contributed by atoms with Crippen LogP contribution in [-0.4, -0.2) is 42.1 Å². The summed E-state index contributed by atoms with van der Waals surface area (Å²) in [5.41, 5.74) is 0.580. The topological polar surface area (TPSA) is 42.4 Å². The first-order chi connectivity index (χ1) is 7.70. The second-order valence-electron chi connectivity index (χ2n) is 3.76. The van der Waals surface area contributed by atoms with Gasteiger partial charge < -0.3 is 9.64 Å². The summed E-state index contributed by atoms with van der Waals surface area (Å²) in [7, 11) is 1.67. The molecule has 16 heavy (non-hydrogen) atoms. The van der Waals surface area contributed by atoms with Crippen LogP contribution in [0.25, 0.3) is 0 Å². The molecule has 86 valence electrons. The number of aromatic nitrogens is 1. The molecule has 1 saturated heterocycles. The van der Waals surface area contributed by atoms with Crippen LogP contribution in [0.5, 0.6) is 0 Å². The van der Waals surface area contributed by atoms with Crippen LogP contribution in [0, 0.1) is 0 Å². The zero-order valence-corrected chi connectivity index (χ0v) is 9.78. The second-order valence-corrected chi connectivity index (χ2v) is 4.15. The van der Waals surface area contributed by atoms with Gasteiger partial charge in [0, 0.05) is 32.0 Å². The largest absolute Gasteiger partial charge is 0.380 e. The van der Waals surface area contributed by atoms with Gasteiger partial charge in [-0.1, -0.05) is 11.6 Å². The molecule has 2 rings (SSSR count). The minimum atomic E-state index is -0.0103. The van der Waals surface area contributed by atoms with Crippen molar-refractivity contribution in [3.8, 4) is 0 Å². The molecule has 0 bridgehead atoms. The van der Waals surface area contributed by atoms with E-state index in [0.29, 0.717) is 17.3 Å². The third-order valence-corrected chi connectivity index (χ3v) is 2.95. The number of likely N-dealkylation sites (tertiary alicyclic amines) is 1. The van der Waals surface area contributed by atoms with Gasteiger partial charge in [-0.25, -0.2) is 4.98 Å². The number of rotatable bonds is 2. The molecule has 5 heteroatoms. The smallest absolute Gasteiger partial charge is 0.254 e. The van der Waals surface area contributed by atoms with Crippen LogP contribution in [0.3, 0.4) is 0 Å². The number of methoxy groups -OCH3 is 1. The SMILES string of the molecule is COC1CCN(C(=O)c2ccnc(Cl)c2)C1. The summed E-state index contributed by atoms with van der Waals surface area (Å²) in [6, 6.07) is 3.26. The van der Waals surface area contributed by atoms with Crippen molar-refractivity contribution in [3.63, 3.8) is 0 Å². The Bertz CT molecular complexity index is 397. The third kappa shape index (κ3) is 2.33. The third-order valence-electron chi connectivity index (χ3n) is 2.74. The van der Waals surface area contributed by atoms with E-state index in [1.807, 2.05) is 0 Å². The highest BCUT2D eigenvalue weighted by Gasteiger charge is 2.26. The summed E-state index contributed by atoms with van der Waals surface area (Å²) in [4.78, 5) is 17.7. The maximum absolute atomic E-state index is 12.0. The van der Waals surface area contributed by atoms with E-state index < -0.39 is 0 Å². The molecule has 4 nitrogen and oxygen atoms in total. The predicted molar refractivity (Wildman–Crippen MR) is 60.6 cm³/mol. The molecule has 1 fully saturated rings. The summed E-state index contributed by atoms with van der Waals surface area (Å²) in [6.07, 6.45) is 2.58. The molecule has 1 aliphatic rings. The van der Waals surface area contributed by atoms with Crippen LogP contribution < -0.4 is 0 Å². The van der Waals surface area contributed by atoms with Gasteiger partial charge in [-0.15, -0.1) is 0 Å². The number of nitrogens with zero attached hydrogens (tertiary/aromatic N) is 2. The molecule has 0 N–H and O–H groups in total. The molecule has 2 heterocycles. The quantitative estimate of drug-likeness (QED) is 0.738. The van der Waals surface area contributed by atoms with E-state index in [1.165, 1.54) is 0 Å². The first-order valence-electron chi connectivity index (χ1n) is 5.14. The fraction of sp³-hybridized carbons (Fsp3) is 0.455. The highest BCUT2D eigenvalue weighted by Crippen LogP contribution is 2.16. The molecule has 1 atom stereocenters. The maximum Gasteiger partial charge on any atom is 0.254 e. The molecule has 1 aromatic heterocycles. The molecule has 1 aromatic rings. The molecule has 0 radical (unpaired) electrons. The number of hydrogen-bond acceptors (Lipinski definition) is 3. The van der Waals surface area contributed by atoms with Crippen molar-refractivity contribution in [2.24, 2.45) is 0 Å². The minimum Gasteiger partial charge on any atom is -0.380 e. The Morgan fingerprint density at radius 1 is 1.69 bits per heavy atom. The van der Waals surface area contributed by atoms with Gasteiger partial charge in [-0.3, -0.25) is 4.79 Å². The fourth-order valence-corrected chi connectivity index (χ4v) is 2.00. The van der Waals surface area contributed by atoms with Crippen LogP contribution in [0.4, 0.5) is 0 Å². The number of hydrogen-bond donors (Lipinski definition) is 0. The normalized spacial score (nSPS) is 20.1. The Morgan fingerprint density at radius 2 is 2.50 bits per heavy atom. The lowest BCUT2D eigenvalue weighted by Crippen LogP contribution is -2.29. The van der Waals surface area contributed by atoms with Gasteiger partial charge in [-0.05, 0) is 18.6 Å². The molecule has 1 amide bonds. The van der Waals surface area contributed by atoms with Crippen molar-refractivity contribution in [3.05, 3.63) is 29.0 Å². The van der Waals surface area contributed by atoms with Gasteiger partial charge in [-0.2, -0.15) is 0 Å². The maximum atomic E-state index is 12.0. The van der Waals surface area contributed by atoms with Gasteiger partial charge in [0.25, 0.3) is 5.91 Å². The van der Waals surface area contributed by atoms with E-state index in [-0.39, 0.29) is 12.0 Å². The number of ether oxygens (including phenoxy) is 1. The first kappa shape index (κ1) is 11.4. The molecule has 1 aliphatic heterocycles. The van der Waals surface area contributed by atoms with Gasteiger partial charge in [0.2, 0.25) is 0 Å². The standard InChI is InChI=1S/C11H13ClN2O2/c1-16-9-3-5-14(7-9)11(15)8-2-4-13-10(12)6-8/h2,4,6,9H,3,5,7H2,1H3. The summed E-state index contributed by atoms with van der Waals surface area (Å²) < 4.78 is 5.22. The monoisotopic (exact) mass is 240 g/mol. The van der Waals surface area contributed by atoms with Crippen LogP contribution >= 0.6 is 11.6 Å². The lowest BCUT2D eigenvalue weighted by Gasteiger charge is -2.16. The highest BCUT2D eigenvalue weighted by molar-refractivity contribution is 6.29. The lowest BCUT2D eigenvalue weighted by atomic mass is 10.2. The van der Waals surface area contributed by atoms with Crippen molar-refractivity contribution in [1.82, 2.24) is 9.88 Å². The van der Waals surface area contributed by atoms with Gasteiger partial charge in [0.05, 0.1) is 6.10 Å². The number of carbonyl (C=O) groups excluding carboxylic acids is 1. The zero-order valence-electron chi connectivity index (χ0n) is 9.02. The van der Waals surface area contributed by atoms with Crippen LogP contribution in [0.15, 0.2) is 18.3 Å². The molecular formula is C11H13ClN2O2. The van der Waals surface area contributed by atoms with E-state index >= 15 is 0 Å². The second kappa shape index (κ2) is 4.80. The summed E-state index contributed by atoms with van der Waals surface area (Å²) in [5, 5.41) is 0.341. The summed E-state index contributed by atoms with van der Waals surface area (Å²) in [5.74, 6) is -0.0103. The van der Waals surface area contributed by atoms with Crippen LogP contribution in [-0.2, 0) is 4.74 Å². The molecule has 1 unspecified atom stereocenters. The minimum absolute atomic E-state index is 0.0103. The average molecular weight is 241 g/mol. The number of pyridine rings is 1. The van der Waals surface area contributed by atoms with Crippen molar-refractivity contribution in [2.45, 2.75) is 12.5 Å². The average Bonchev–Trinajstić information content (AvgIpc) is 2.76. The van der Waals surface area contributed by atoms with E-state index in [2.05, 4.69) is 4.98 Å². The van der Waals surface area contributed by atoms with E-state index in [9.17, 15) is 4.79 Å². The lowest BCUT2D eigenvalue weighted by molar-refractivity contribution is 0.0724. The first-order valence-corrected chi connectivity index (χ1v) is 5.52. The Labute approximate surface area is 99.2 Å². The molecule has 0 spiro atoms. The number of halogens is 1. The number of amides is 1. The number of carbonyl (C=O) groups is 1. The molecule has 0 aliphatic carbocycles. The Hall–Kier alpha value is -1.13. The molecule has 0 saturated carbocycles. The highest BCUT2D eigenvalue weighted by atomic mass is 35.5. The van der Waals surface area contributed by atoms with Crippen LogP contribution in [0.1, 0.15) is 16.8 Å². The van der Waals surface area contributed by atoms with Crippen molar-refractivity contribution < 1.29 is 9.53 Å². The van der Waals surface area contributed by atoms with Gasteiger partial charge in [0.1, 0.15) is 5.15 Å². The Balaban J connectivity index is 2.08. The summed E-state index contributed by atoms with van der Waals surface area (Å²) in [6.45, 7) is 1.38. The predicted octanol–water partition coefficient (Wildman–Crippen LogP) is 1.60. The fourth-order valence-electron chi connectivity index (χ4n) is 1.82. The molecule has 0 aromatic carbocycles. The Kier molecular flexibility index (Phi) is 3.41. The van der Waals surface area contributed by atoms with Gasteiger partial charge in [0.15, 0.2) is 0 Å². The van der Waals surface area contributed by atoms with Crippen molar-refractivity contribution >= 4 is 17.5 Å². The Morgan fingerprint density at radius 3 is 3.12 bits per heavy atom. The summed E-state index contributed by atoms with van der Waals surface area (Å²) >= 11 is 5.75. The van der Waals surface area contributed by atoms with E-state index in [4.69, 9.17) is 16.3 Å². The van der Waals surface area contributed by atoms with Gasteiger partial charge >= 0.3 is 0 Å². The zero-order chi connectivity index (χ0) is 11.5. The van der Waals surface area contributed by atoms with E-state index in [1.54, 1.807) is 30.3 Å². The van der Waals surface area contributed by atoms with Crippen LogP contribution in [0.2, 0.25) is 5.15 Å². The van der Waals surface area contributed by atoms with Crippen molar-refractivity contribution in [1.29, 1.82) is 0 Å².